The highest BCUT2D eigenvalue weighted by Gasteiger charge is 2.32. The van der Waals surface area contributed by atoms with Crippen molar-refractivity contribution in [1.82, 2.24) is 9.80 Å². The second-order valence-corrected chi connectivity index (χ2v) is 11.1. The lowest BCUT2D eigenvalue weighted by Crippen LogP contribution is -2.46. The maximum absolute atomic E-state index is 11.9. The van der Waals surface area contributed by atoms with Crippen LogP contribution in [0.4, 0.5) is 0 Å². The van der Waals surface area contributed by atoms with E-state index in [-0.39, 0.29) is 25.0 Å². The number of unbranched alkanes of at least 4 members (excludes halogenated alkanes) is 2. The minimum absolute atomic E-state index is 0.0293. The van der Waals surface area contributed by atoms with Gasteiger partial charge in [-0.05, 0) is 49.9 Å². The van der Waals surface area contributed by atoms with Crippen LogP contribution in [0.5, 0.6) is 0 Å². The summed E-state index contributed by atoms with van der Waals surface area (Å²) >= 11 is 0. The van der Waals surface area contributed by atoms with Crippen LogP contribution in [0, 0.1) is 0 Å². The molecule has 9 heteroatoms. The fourth-order valence-corrected chi connectivity index (χ4v) is 5.16. The van der Waals surface area contributed by atoms with Gasteiger partial charge in [0.1, 0.15) is 13.2 Å². The zero-order valence-corrected chi connectivity index (χ0v) is 22.3. The first-order chi connectivity index (χ1) is 17.7. The largest absolute Gasteiger partial charge is 0.362 e. The molecule has 1 N–H and O–H groups in total. The van der Waals surface area contributed by atoms with Crippen molar-refractivity contribution < 1.29 is 27.3 Å². The molecule has 2 fully saturated rings. The Bertz CT molecular complexity index is 1030. The Morgan fingerprint density at radius 2 is 1.38 bits per heavy atom. The fraction of sp³-hybridized carbons (Fsp3) is 0.500. The molecule has 1 unspecified atom stereocenters. The first kappa shape index (κ1) is 29.0. The molecule has 2 aliphatic heterocycles. The fourth-order valence-electron chi connectivity index (χ4n) is 5.16. The molecule has 0 aliphatic carbocycles. The van der Waals surface area contributed by atoms with Crippen molar-refractivity contribution in [1.29, 1.82) is 0 Å². The van der Waals surface area contributed by atoms with Gasteiger partial charge in [0, 0.05) is 18.5 Å². The molecule has 2 heterocycles. The van der Waals surface area contributed by atoms with Crippen LogP contribution in [0.2, 0.25) is 0 Å². The third-order valence-electron chi connectivity index (χ3n) is 6.75. The van der Waals surface area contributed by atoms with Gasteiger partial charge in [0.05, 0.1) is 6.26 Å². The molecule has 2 aliphatic rings. The van der Waals surface area contributed by atoms with Gasteiger partial charge >= 0.3 is 0 Å². The summed E-state index contributed by atoms with van der Waals surface area (Å²) in [5, 5.41) is 0. The Morgan fingerprint density at radius 1 is 0.865 bits per heavy atom. The minimum Gasteiger partial charge on any atom is -0.362 e. The molecule has 0 bridgehead atoms. The summed E-state index contributed by atoms with van der Waals surface area (Å²) in [4.78, 5) is 27.8. The van der Waals surface area contributed by atoms with Crippen molar-refractivity contribution >= 4 is 21.9 Å². The van der Waals surface area contributed by atoms with Gasteiger partial charge < -0.3 is 4.74 Å². The number of hydrogen-bond acceptors (Lipinski definition) is 6. The predicted octanol–water partition coefficient (Wildman–Crippen LogP) is 3.73. The standard InChI is InChI=1S/C27H34N2O3.CH4O3S/c30-25-20-32-21-26(31)29(25)19-10-3-9-17-28-18-11-8-16-24(28)27(22-12-4-1-5-13-22)23-14-6-2-7-15-23;1-5(2,3)4/h1-2,4-7,12-15,24,27H,3,8-11,16-21H2;1H3,(H,2,3,4). The maximum atomic E-state index is 11.9. The van der Waals surface area contributed by atoms with Gasteiger partial charge in [-0.15, -0.1) is 0 Å². The van der Waals surface area contributed by atoms with E-state index in [4.69, 9.17) is 9.29 Å². The number of piperidine rings is 1. The topological polar surface area (TPSA) is 104 Å². The van der Waals surface area contributed by atoms with Gasteiger partial charge in [0.2, 0.25) is 0 Å². The molecule has 2 saturated heterocycles. The highest BCUT2D eigenvalue weighted by atomic mass is 32.2. The number of benzene rings is 2. The lowest BCUT2D eigenvalue weighted by molar-refractivity contribution is -0.158. The summed E-state index contributed by atoms with van der Waals surface area (Å²) < 4.78 is 30.9. The molecule has 1 atom stereocenters. The van der Waals surface area contributed by atoms with Crippen molar-refractivity contribution in [3.63, 3.8) is 0 Å². The van der Waals surface area contributed by atoms with E-state index < -0.39 is 10.1 Å². The van der Waals surface area contributed by atoms with Crippen molar-refractivity contribution in [2.75, 3.05) is 39.1 Å². The zero-order valence-electron chi connectivity index (χ0n) is 21.5. The summed E-state index contributed by atoms with van der Waals surface area (Å²) in [5.41, 5.74) is 2.78. The van der Waals surface area contributed by atoms with Crippen LogP contribution < -0.4 is 0 Å². The number of nitrogens with zero attached hydrogens (tertiary/aromatic N) is 2. The van der Waals surface area contributed by atoms with Crippen molar-refractivity contribution in [3.8, 4) is 0 Å². The smallest absolute Gasteiger partial charge is 0.261 e. The molecular weight excluding hydrogens is 492 g/mol. The highest BCUT2D eigenvalue weighted by molar-refractivity contribution is 7.85. The van der Waals surface area contributed by atoms with E-state index in [1.807, 2.05) is 0 Å². The number of imide groups is 1. The molecule has 0 radical (unpaired) electrons. The Balaban J connectivity index is 0.000000695. The number of rotatable bonds is 9. The molecule has 2 aromatic carbocycles. The van der Waals surface area contributed by atoms with Gasteiger partial charge in [-0.3, -0.25) is 23.9 Å². The number of ether oxygens (including phenoxy) is 1. The summed E-state index contributed by atoms with van der Waals surface area (Å²) in [5.74, 6) is -0.0295. The van der Waals surface area contributed by atoms with Gasteiger partial charge in [-0.25, -0.2) is 0 Å². The van der Waals surface area contributed by atoms with Crippen molar-refractivity contribution in [3.05, 3.63) is 71.8 Å². The quantitative estimate of drug-likeness (QED) is 0.299. The molecule has 2 amide bonds. The molecule has 4 rings (SSSR count). The normalized spacial score (nSPS) is 19.0. The van der Waals surface area contributed by atoms with E-state index in [2.05, 4.69) is 65.6 Å². The Kier molecular flexibility index (Phi) is 11.3. The third-order valence-corrected chi connectivity index (χ3v) is 6.75. The minimum atomic E-state index is -3.67. The lowest BCUT2D eigenvalue weighted by atomic mass is 9.80. The Labute approximate surface area is 220 Å². The van der Waals surface area contributed by atoms with Crippen LogP contribution in [0.15, 0.2) is 60.7 Å². The monoisotopic (exact) mass is 530 g/mol. The summed E-state index contributed by atoms with van der Waals surface area (Å²) in [6, 6.07) is 22.3. The van der Waals surface area contributed by atoms with Gasteiger partial charge in [0.15, 0.2) is 0 Å². The number of likely N-dealkylation sites (tertiary alicyclic amines) is 1. The van der Waals surface area contributed by atoms with Crippen LogP contribution in [0.1, 0.15) is 55.6 Å². The van der Waals surface area contributed by atoms with E-state index in [0.717, 1.165) is 32.4 Å². The van der Waals surface area contributed by atoms with Crippen molar-refractivity contribution in [2.24, 2.45) is 0 Å². The van der Waals surface area contributed by atoms with Crippen molar-refractivity contribution in [2.45, 2.75) is 50.5 Å². The molecule has 0 spiro atoms. The maximum Gasteiger partial charge on any atom is 0.261 e. The SMILES string of the molecule is CS(=O)(=O)O.O=C1COCC(=O)N1CCCCCN1CCCCC1C(c1ccccc1)c1ccccc1. The van der Waals surface area contributed by atoms with E-state index in [1.54, 1.807) is 0 Å². The number of carbonyl (C=O) groups is 2. The highest BCUT2D eigenvalue weighted by Crippen LogP contribution is 2.35. The molecule has 37 heavy (non-hydrogen) atoms. The molecule has 2 aromatic rings. The molecule has 0 saturated carbocycles. The lowest BCUT2D eigenvalue weighted by Gasteiger charge is -2.41. The molecule has 0 aromatic heterocycles. The number of carbonyl (C=O) groups excluding carboxylic acids is 2. The van der Waals surface area contributed by atoms with E-state index in [0.29, 0.717) is 24.8 Å². The summed E-state index contributed by atoms with van der Waals surface area (Å²) in [6.45, 7) is 2.78. The van der Waals surface area contributed by atoms with Crippen LogP contribution >= 0.6 is 0 Å². The number of hydrogen-bond donors (Lipinski definition) is 1. The Hall–Kier alpha value is -2.59. The number of morpholine rings is 1. The number of amides is 2. The van der Waals surface area contributed by atoms with Crippen LogP contribution in [-0.4, -0.2) is 79.7 Å². The third kappa shape index (κ3) is 9.66. The second kappa shape index (κ2) is 14.4. The molecule has 8 nitrogen and oxygen atoms in total. The van der Waals surface area contributed by atoms with Crippen LogP contribution in [0.25, 0.3) is 0 Å². The van der Waals surface area contributed by atoms with E-state index in [9.17, 15) is 18.0 Å². The summed E-state index contributed by atoms with van der Waals surface area (Å²) in [7, 11) is -3.67. The molecular formula is C28H38N2O6S. The van der Waals surface area contributed by atoms with Crippen LogP contribution in [-0.2, 0) is 24.4 Å². The van der Waals surface area contributed by atoms with Crippen LogP contribution in [0.3, 0.4) is 0 Å². The average Bonchev–Trinajstić information content (AvgIpc) is 2.87. The van der Waals surface area contributed by atoms with Gasteiger partial charge in [-0.1, -0.05) is 73.5 Å². The summed E-state index contributed by atoms with van der Waals surface area (Å²) in [6.07, 6.45) is 7.42. The van der Waals surface area contributed by atoms with E-state index in [1.165, 1.54) is 35.3 Å². The Morgan fingerprint density at radius 3 is 1.92 bits per heavy atom. The molecule has 202 valence electrons. The van der Waals surface area contributed by atoms with Gasteiger partial charge in [0.25, 0.3) is 21.9 Å². The zero-order chi connectivity index (χ0) is 26.7. The second-order valence-electron chi connectivity index (χ2n) is 9.62. The average molecular weight is 531 g/mol. The van der Waals surface area contributed by atoms with E-state index >= 15 is 0 Å². The first-order valence-electron chi connectivity index (χ1n) is 12.9. The first-order valence-corrected chi connectivity index (χ1v) is 14.8. The predicted molar refractivity (Wildman–Crippen MR) is 143 cm³/mol. The van der Waals surface area contributed by atoms with Gasteiger partial charge in [-0.2, -0.15) is 8.42 Å².